The summed E-state index contributed by atoms with van der Waals surface area (Å²) in [6, 6.07) is 8.51. The predicted molar refractivity (Wildman–Crippen MR) is 129 cm³/mol. The smallest absolute Gasteiger partial charge is 0.191 e. The topological polar surface area (TPSA) is 39.7 Å². The van der Waals surface area contributed by atoms with Gasteiger partial charge < -0.3 is 15.5 Å². The lowest BCUT2D eigenvalue weighted by Crippen LogP contribution is -2.51. The summed E-state index contributed by atoms with van der Waals surface area (Å²) in [6.07, 6.45) is 11.4. The van der Waals surface area contributed by atoms with Crippen LogP contribution in [0.5, 0.6) is 0 Å². The van der Waals surface area contributed by atoms with Crippen LogP contribution in [0.25, 0.3) is 0 Å². The number of hydrogen-bond acceptors (Lipinski definition) is 2. The lowest BCUT2D eigenvalue weighted by Gasteiger charge is -2.39. The van der Waals surface area contributed by atoms with Crippen LogP contribution in [0.4, 0.5) is 4.39 Å². The van der Waals surface area contributed by atoms with E-state index in [4.69, 9.17) is 0 Å². The number of halogens is 2. The van der Waals surface area contributed by atoms with Crippen LogP contribution in [0.3, 0.4) is 0 Å². The van der Waals surface area contributed by atoms with E-state index in [0.717, 1.165) is 37.0 Å². The zero-order valence-corrected chi connectivity index (χ0v) is 20.0. The van der Waals surface area contributed by atoms with Crippen LogP contribution in [0, 0.1) is 5.82 Å². The second kappa shape index (κ2) is 10.4. The van der Waals surface area contributed by atoms with Crippen molar-refractivity contribution in [1.82, 2.24) is 15.5 Å². The van der Waals surface area contributed by atoms with Gasteiger partial charge >= 0.3 is 0 Å². The lowest BCUT2D eigenvalue weighted by molar-refractivity contribution is 0.119. The molecule has 0 unspecified atom stereocenters. The average Bonchev–Trinajstić information content (AvgIpc) is 3.53. The largest absolute Gasteiger partial charge is 0.356 e. The number of likely N-dealkylation sites (tertiary alicyclic amines) is 1. The molecule has 1 aromatic rings. The SMILES string of the molecule is CN=C(NCC1(c2ccccc2F)CC1)NC1CCN(C2CCCCC2)CC1.I. The molecule has 0 aromatic heterocycles. The highest BCUT2D eigenvalue weighted by molar-refractivity contribution is 14.0. The summed E-state index contributed by atoms with van der Waals surface area (Å²) >= 11 is 0. The van der Waals surface area contributed by atoms with E-state index in [1.807, 2.05) is 19.2 Å². The van der Waals surface area contributed by atoms with Crippen LogP contribution in [0.15, 0.2) is 29.3 Å². The molecule has 1 aromatic carbocycles. The van der Waals surface area contributed by atoms with E-state index >= 15 is 0 Å². The third kappa shape index (κ3) is 5.63. The van der Waals surface area contributed by atoms with Crippen molar-refractivity contribution in [3.05, 3.63) is 35.6 Å². The maximum Gasteiger partial charge on any atom is 0.191 e. The molecule has 1 heterocycles. The number of guanidine groups is 1. The van der Waals surface area contributed by atoms with E-state index in [-0.39, 0.29) is 35.2 Å². The third-order valence-electron chi connectivity index (χ3n) is 7.08. The molecule has 4 rings (SSSR count). The Bertz CT molecular complexity index is 677. The Balaban J connectivity index is 0.00000240. The van der Waals surface area contributed by atoms with Gasteiger partial charge in [-0.25, -0.2) is 4.39 Å². The minimum absolute atomic E-state index is 0. The van der Waals surface area contributed by atoms with Crippen LogP contribution < -0.4 is 10.6 Å². The fourth-order valence-electron chi connectivity index (χ4n) is 5.08. The summed E-state index contributed by atoms with van der Waals surface area (Å²) in [5, 5.41) is 7.09. The molecule has 3 aliphatic rings. The molecule has 162 valence electrons. The number of piperidine rings is 1. The van der Waals surface area contributed by atoms with Gasteiger partial charge in [0.05, 0.1) is 0 Å². The number of hydrogen-bond donors (Lipinski definition) is 2. The molecular weight excluding hydrogens is 478 g/mol. The van der Waals surface area contributed by atoms with Gasteiger partial charge in [-0.15, -0.1) is 24.0 Å². The number of nitrogens with one attached hydrogen (secondary N) is 2. The molecule has 29 heavy (non-hydrogen) atoms. The fourth-order valence-corrected chi connectivity index (χ4v) is 5.08. The van der Waals surface area contributed by atoms with Crippen molar-refractivity contribution in [2.24, 2.45) is 4.99 Å². The quantitative estimate of drug-likeness (QED) is 0.347. The molecule has 1 aliphatic heterocycles. The normalized spacial score (nSPS) is 23.3. The molecule has 0 bridgehead atoms. The lowest BCUT2D eigenvalue weighted by atomic mass is 9.92. The van der Waals surface area contributed by atoms with Crippen molar-refractivity contribution in [1.29, 1.82) is 0 Å². The molecule has 0 spiro atoms. The van der Waals surface area contributed by atoms with Gasteiger partial charge in [0.25, 0.3) is 0 Å². The number of benzene rings is 1. The maximum absolute atomic E-state index is 14.2. The Morgan fingerprint density at radius 3 is 2.41 bits per heavy atom. The molecule has 2 aliphatic carbocycles. The zero-order chi connectivity index (χ0) is 19.4. The van der Waals surface area contributed by atoms with Crippen molar-refractivity contribution >= 4 is 29.9 Å². The number of aliphatic imine (C=N–C) groups is 1. The first-order valence-electron chi connectivity index (χ1n) is 11.2. The highest BCUT2D eigenvalue weighted by Gasteiger charge is 2.45. The van der Waals surface area contributed by atoms with Crippen LogP contribution in [0.1, 0.15) is 63.4 Å². The van der Waals surface area contributed by atoms with Gasteiger partial charge in [0, 0.05) is 44.2 Å². The Labute approximate surface area is 192 Å². The van der Waals surface area contributed by atoms with Crippen LogP contribution in [-0.4, -0.2) is 49.6 Å². The molecule has 2 saturated carbocycles. The highest BCUT2D eigenvalue weighted by Crippen LogP contribution is 2.48. The summed E-state index contributed by atoms with van der Waals surface area (Å²) in [5.41, 5.74) is 0.784. The summed E-state index contributed by atoms with van der Waals surface area (Å²) < 4.78 is 14.2. The van der Waals surface area contributed by atoms with Gasteiger partial charge in [0.1, 0.15) is 5.82 Å². The Hall–Kier alpha value is -0.890. The first-order chi connectivity index (χ1) is 13.7. The minimum Gasteiger partial charge on any atom is -0.356 e. The van der Waals surface area contributed by atoms with Gasteiger partial charge in [-0.05, 0) is 50.2 Å². The fraction of sp³-hybridized carbons (Fsp3) is 0.696. The van der Waals surface area contributed by atoms with Gasteiger partial charge in [-0.2, -0.15) is 0 Å². The molecule has 1 saturated heterocycles. The highest BCUT2D eigenvalue weighted by atomic mass is 127. The Morgan fingerprint density at radius 1 is 1.10 bits per heavy atom. The molecule has 3 fully saturated rings. The molecular formula is C23H36FIN4. The second-order valence-corrected chi connectivity index (χ2v) is 8.93. The van der Waals surface area contributed by atoms with E-state index in [0.29, 0.717) is 6.04 Å². The van der Waals surface area contributed by atoms with Crippen molar-refractivity contribution in [3.8, 4) is 0 Å². The molecule has 4 nitrogen and oxygen atoms in total. The second-order valence-electron chi connectivity index (χ2n) is 8.93. The van der Waals surface area contributed by atoms with Crippen LogP contribution in [-0.2, 0) is 5.41 Å². The molecule has 0 amide bonds. The van der Waals surface area contributed by atoms with Gasteiger partial charge in [-0.3, -0.25) is 4.99 Å². The number of nitrogens with zero attached hydrogens (tertiary/aromatic N) is 2. The summed E-state index contributed by atoms with van der Waals surface area (Å²) in [4.78, 5) is 7.14. The van der Waals surface area contributed by atoms with Crippen molar-refractivity contribution in [2.75, 3.05) is 26.7 Å². The Morgan fingerprint density at radius 2 is 1.79 bits per heavy atom. The van der Waals surface area contributed by atoms with Crippen LogP contribution in [0.2, 0.25) is 0 Å². The molecule has 0 atom stereocenters. The average molecular weight is 514 g/mol. The standard InChI is InChI=1S/C23H35FN4.HI/c1-25-22(26-17-23(13-14-23)20-9-5-6-10-21(20)24)27-18-11-15-28(16-12-18)19-7-3-2-4-8-19;/h5-6,9-10,18-19H,2-4,7-8,11-17H2,1H3,(H2,25,26,27);1H. The van der Waals surface area contributed by atoms with Crippen molar-refractivity contribution < 1.29 is 4.39 Å². The van der Waals surface area contributed by atoms with E-state index in [1.54, 1.807) is 12.1 Å². The number of rotatable bonds is 5. The first-order valence-corrected chi connectivity index (χ1v) is 11.2. The molecule has 2 N–H and O–H groups in total. The summed E-state index contributed by atoms with van der Waals surface area (Å²) in [6.45, 7) is 3.13. The molecule has 6 heteroatoms. The monoisotopic (exact) mass is 514 g/mol. The van der Waals surface area contributed by atoms with Crippen molar-refractivity contribution in [2.45, 2.75) is 75.3 Å². The predicted octanol–water partition coefficient (Wildman–Crippen LogP) is 4.44. The minimum atomic E-state index is -0.0835. The zero-order valence-electron chi connectivity index (χ0n) is 17.6. The molecule has 0 radical (unpaired) electrons. The third-order valence-corrected chi connectivity index (χ3v) is 7.08. The van der Waals surface area contributed by atoms with Gasteiger partial charge in [0.15, 0.2) is 5.96 Å². The maximum atomic E-state index is 14.2. The van der Waals surface area contributed by atoms with E-state index < -0.39 is 0 Å². The van der Waals surface area contributed by atoms with Crippen LogP contribution >= 0.6 is 24.0 Å². The first kappa shape index (κ1) is 22.8. The Kier molecular flexibility index (Phi) is 8.19. The van der Waals surface area contributed by atoms with Gasteiger partial charge in [-0.1, -0.05) is 37.5 Å². The summed E-state index contributed by atoms with van der Waals surface area (Å²) in [5.74, 6) is 0.776. The summed E-state index contributed by atoms with van der Waals surface area (Å²) in [7, 11) is 1.83. The van der Waals surface area contributed by atoms with E-state index in [2.05, 4.69) is 20.5 Å². The van der Waals surface area contributed by atoms with Crippen molar-refractivity contribution in [3.63, 3.8) is 0 Å². The van der Waals surface area contributed by atoms with Gasteiger partial charge in [0.2, 0.25) is 0 Å². The van der Waals surface area contributed by atoms with E-state index in [9.17, 15) is 4.39 Å². The van der Waals surface area contributed by atoms with E-state index in [1.165, 1.54) is 58.0 Å².